The fourth-order valence-corrected chi connectivity index (χ4v) is 7.83. The average Bonchev–Trinajstić information content (AvgIpc) is 3.80. The van der Waals surface area contributed by atoms with Crippen LogP contribution >= 0.6 is 0 Å². The summed E-state index contributed by atoms with van der Waals surface area (Å²) in [4.78, 5) is 37.2. The lowest BCUT2D eigenvalue weighted by Crippen LogP contribution is -2.30. The number of hydrogen-bond donors (Lipinski definition) is 0. The van der Waals surface area contributed by atoms with Gasteiger partial charge in [-0.3, -0.25) is 4.79 Å². The molecule has 0 aromatic heterocycles. The average molecular weight is 787 g/mol. The molecule has 9 heteroatoms. The summed E-state index contributed by atoms with van der Waals surface area (Å²) in [7, 11) is 1.77. The van der Waals surface area contributed by atoms with Gasteiger partial charge in [0.2, 0.25) is 0 Å². The number of unbranched alkanes of at least 4 members (excludes halogenated alkanes) is 14. The van der Waals surface area contributed by atoms with Crippen LogP contribution in [0.5, 0.6) is 11.5 Å². The van der Waals surface area contributed by atoms with E-state index in [0.29, 0.717) is 36.9 Å². The monoisotopic (exact) mass is 786 g/mol. The molecule has 0 saturated heterocycles. The molecule has 0 radical (unpaired) electrons. The summed E-state index contributed by atoms with van der Waals surface area (Å²) in [5.41, 5.74) is 0.534. The van der Waals surface area contributed by atoms with Gasteiger partial charge in [0.15, 0.2) is 0 Å². The molecule has 2 aliphatic rings. The van der Waals surface area contributed by atoms with E-state index in [9.17, 15) is 14.4 Å². The number of carbonyl (C=O) groups is 3. The van der Waals surface area contributed by atoms with E-state index < -0.39 is 11.4 Å². The molecule has 0 atom stereocenters. The van der Waals surface area contributed by atoms with E-state index in [2.05, 4.69) is 18.4 Å². The zero-order chi connectivity index (χ0) is 40.4. The largest absolute Gasteiger partial charge is 0.463 e. The first-order valence-electron chi connectivity index (χ1n) is 21.5. The molecule has 2 aromatic rings. The molecule has 2 fully saturated rings. The number of methoxy groups -OCH3 is 1. The fraction of sp³-hybridized carbons (Fsp3) is 0.604. The first-order valence-corrected chi connectivity index (χ1v) is 21.5. The van der Waals surface area contributed by atoms with Crippen molar-refractivity contribution < 1.29 is 42.8 Å². The first kappa shape index (κ1) is 45.7. The van der Waals surface area contributed by atoms with Gasteiger partial charge in [-0.1, -0.05) is 95.5 Å². The lowest BCUT2D eigenvalue weighted by Gasteiger charge is -2.27. The Labute approximate surface area is 341 Å². The Morgan fingerprint density at radius 2 is 1.18 bits per heavy atom. The molecule has 0 amide bonds. The Kier molecular flexibility index (Phi) is 21.0. The third-order valence-corrected chi connectivity index (χ3v) is 11.2. The Balaban J connectivity index is 1.05. The van der Waals surface area contributed by atoms with E-state index in [0.717, 1.165) is 102 Å². The molecule has 0 N–H and O–H groups in total. The predicted octanol–water partition coefficient (Wildman–Crippen LogP) is 10.5. The third kappa shape index (κ3) is 16.8. The van der Waals surface area contributed by atoms with Crippen molar-refractivity contribution in [2.45, 2.75) is 140 Å². The minimum absolute atomic E-state index is 0.186. The Hall–Kier alpha value is -3.97. The zero-order valence-corrected chi connectivity index (χ0v) is 34.5. The predicted molar refractivity (Wildman–Crippen MR) is 222 cm³/mol. The Bertz CT molecular complexity index is 1540. The molecule has 312 valence electrons. The standard InChI is InChI=1S/C48H66O9/c1-3-44(49)54-37-18-14-10-7-9-13-17-35-53-36-20-21-40-22-24-41(25-23-40)45(50)56-42-26-28-43(29-27-42)57-46(51)47-30-32-48(39-47,33-31-47)55-38-19-15-11-6-4-5-8-12-16-34-52-2/h3,22-29H,1,4-19,30-39H2,2H3. The lowest BCUT2D eigenvalue weighted by atomic mass is 9.84. The molecule has 57 heavy (non-hydrogen) atoms. The summed E-state index contributed by atoms with van der Waals surface area (Å²) >= 11 is 0. The highest BCUT2D eigenvalue weighted by atomic mass is 16.5. The van der Waals surface area contributed by atoms with Gasteiger partial charge in [0.1, 0.15) is 18.1 Å². The van der Waals surface area contributed by atoms with Gasteiger partial charge >= 0.3 is 17.9 Å². The third-order valence-electron chi connectivity index (χ3n) is 11.2. The van der Waals surface area contributed by atoms with Gasteiger partial charge in [-0.15, -0.1) is 0 Å². The number of carbonyl (C=O) groups excluding carboxylic acids is 3. The molecule has 2 aliphatic carbocycles. The van der Waals surface area contributed by atoms with Crippen molar-refractivity contribution in [2.75, 3.05) is 40.1 Å². The molecule has 9 nitrogen and oxygen atoms in total. The molecule has 0 spiro atoms. The fourth-order valence-electron chi connectivity index (χ4n) is 7.83. The molecule has 2 saturated carbocycles. The maximum Gasteiger partial charge on any atom is 0.343 e. The van der Waals surface area contributed by atoms with Gasteiger partial charge < -0.3 is 28.4 Å². The number of hydrogen-bond acceptors (Lipinski definition) is 9. The summed E-state index contributed by atoms with van der Waals surface area (Å²) in [5, 5.41) is 0. The van der Waals surface area contributed by atoms with E-state index in [1.807, 2.05) is 0 Å². The number of ether oxygens (including phenoxy) is 6. The maximum absolute atomic E-state index is 13.4. The van der Waals surface area contributed by atoms with Crippen molar-refractivity contribution in [1.82, 2.24) is 0 Å². The summed E-state index contributed by atoms with van der Waals surface area (Å²) < 4.78 is 33.6. The minimum atomic E-state index is -0.480. The number of esters is 3. The summed E-state index contributed by atoms with van der Waals surface area (Å²) in [6.07, 6.45) is 24.0. The van der Waals surface area contributed by atoms with E-state index in [1.165, 1.54) is 57.4 Å². The van der Waals surface area contributed by atoms with Crippen molar-refractivity contribution in [3.05, 3.63) is 72.3 Å². The van der Waals surface area contributed by atoms with Gasteiger partial charge in [0.25, 0.3) is 0 Å². The Morgan fingerprint density at radius 3 is 1.75 bits per heavy atom. The van der Waals surface area contributed by atoms with E-state index in [-0.39, 0.29) is 17.5 Å². The van der Waals surface area contributed by atoms with Crippen molar-refractivity contribution in [3.63, 3.8) is 0 Å². The highest BCUT2D eigenvalue weighted by molar-refractivity contribution is 5.91. The summed E-state index contributed by atoms with van der Waals surface area (Å²) in [6, 6.07) is 13.6. The van der Waals surface area contributed by atoms with Crippen LogP contribution in [0.3, 0.4) is 0 Å². The van der Waals surface area contributed by atoms with Crippen molar-refractivity contribution in [1.29, 1.82) is 0 Å². The lowest BCUT2D eigenvalue weighted by molar-refractivity contribution is -0.145. The molecule has 2 bridgehead atoms. The second kappa shape index (κ2) is 26.1. The molecular weight excluding hydrogens is 721 g/mol. The minimum Gasteiger partial charge on any atom is -0.463 e. The van der Waals surface area contributed by atoms with Crippen LogP contribution in [0.1, 0.15) is 151 Å². The molecule has 4 rings (SSSR count). The van der Waals surface area contributed by atoms with Crippen molar-refractivity contribution in [3.8, 4) is 23.3 Å². The Morgan fingerprint density at radius 1 is 0.649 bits per heavy atom. The van der Waals surface area contributed by atoms with Gasteiger partial charge in [0, 0.05) is 38.6 Å². The zero-order valence-electron chi connectivity index (χ0n) is 34.5. The maximum atomic E-state index is 13.4. The smallest absolute Gasteiger partial charge is 0.343 e. The van der Waals surface area contributed by atoms with Crippen LogP contribution in [0.25, 0.3) is 0 Å². The highest BCUT2D eigenvalue weighted by Crippen LogP contribution is 2.58. The second-order valence-corrected chi connectivity index (χ2v) is 15.7. The quantitative estimate of drug-likeness (QED) is 0.0262. The van der Waals surface area contributed by atoms with Crippen LogP contribution in [0, 0.1) is 17.3 Å². The topological polar surface area (TPSA) is 107 Å². The van der Waals surface area contributed by atoms with Crippen LogP contribution in [-0.2, 0) is 28.5 Å². The number of rotatable bonds is 29. The summed E-state index contributed by atoms with van der Waals surface area (Å²) in [6.45, 7) is 6.52. The van der Waals surface area contributed by atoms with Gasteiger partial charge in [-0.05, 0) is 106 Å². The first-order chi connectivity index (χ1) is 27.9. The SMILES string of the molecule is C=CC(=O)OCCCCCCCCCOCC#Cc1ccc(C(=O)Oc2ccc(OC(=O)C34CCC(OCCCCCCCCCCCOC)(CC3)C4)cc2)cc1. The van der Waals surface area contributed by atoms with Crippen LogP contribution in [-0.4, -0.2) is 63.7 Å². The second-order valence-electron chi connectivity index (χ2n) is 15.7. The summed E-state index contributed by atoms with van der Waals surface area (Å²) in [5.74, 6) is 5.89. The normalized spacial score (nSPS) is 18.1. The van der Waals surface area contributed by atoms with Crippen LogP contribution in [0.15, 0.2) is 61.2 Å². The molecule has 0 unspecified atom stereocenters. The van der Waals surface area contributed by atoms with E-state index >= 15 is 0 Å². The van der Waals surface area contributed by atoms with Crippen molar-refractivity contribution >= 4 is 17.9 Å². The van der Waals surface area contributed by atoms with Gasteiger partial charge in [-0.2, -0.15) is 0 Å². The van der Waals surface area contributed by atoms with E-state index in [1.54, 1.807) is 55.6 Å². The van der Waals surface area contributed by atoms with Crippen molar-refractivity contribution in [2.24, 2.45) is 5.41 Å². The van der Waals surface area contributed by atoms with Gasteiger partial charge in [-0.25, -0.2) is 9.59 Å². The van der Waals surface area contributed by atoms with Crippen LogP contribution < -0.4 is 9.47 Å². The number of benzene rings is 2. The van der Waals surface area contributed by atoms with Crippen LogP contribution in [0.4, 0.5) is 0 Å². The molecule has 2 aromatic carbocycles. The van der Waals surface area contributed by atoms with Crippen LogP contribution in [0.2, 0.25) is 0 Å². The highest BCUT2D eigenvalue weighted by Gasteiger charge is 2.59. The number of fused-ring (bicyclic) bond motifs is 2. The van der Waals surface area contributed by atoms with E-state index in [4.69, 9.17) is 28.4 Å². The molecule has 0 aliphatic heterocycles. The molecular formula is C48H66O9. The molecule has 0 heterocycles. The van der Waals surface area contributed by atoms with Gasteiger partial charge in [0.05, 0.1) is 23.2 Å².